The van der Waals surface area contributed by atoms with Crippen LogP contribution in [0, 0.1) is 0 Å². The smallest absolute Gasteiger partial charge is 0.456 e. The molecule has 1 aliphatic heterocycles. The monoisotopic (exact) mass is 1330 g/mol. The third kappa shape index (κ3) is 35.9. The molecule has 5 atom stereocenters. The summed E-state index contributed by atoms with van der Waals surface area (Å²) in [5.41, 5.74) is 2.72. The van der Waals surface area contributed by atoms with Gasteiger partial charge in [0.1, 0.15) is 12.1 Å². The van der Waals surface area contributed by atoms with E-state index in [1.54, 1.807) is 0 Å². The van der Waals surface area contributed by atoms with Crippen LogP contribution in [0.5, 0.6) is 0 Å². The van der Waals surface area contributed by atoms with Crippen LogP contribution in [0.2, 0.25) is 0 Å². The molecule has 0 bridgehead atoms. The van der Waals surface area contributed by atoms with Crippen LogP contribution in [0.4, 0.5) is 0 Å². The number of rotatable bonds is 56. The maximum atomic E-state index is 15.5. The van der Waals surface area contributed by atoms with Gasteiger partial charge in [-0.05, 0) is 41.5 Å². The summed E-state index contributed by atoms with van der Waals surface area (Å²) >= 11 is 0. The zero-order valence-corrected chi connectivity index (χ0v) is 58.8. The molecular weight excluding hydrogens is 1210 g/mol. The molecule has 520 valence electrons. The molecule has 0 aliphatic carbocycles. The molecule has 1 fully saturated rings. The van der Waals surface area contributed by atoms with Crippen molar-refractivity contribution in [2.24, 2.45) is 0 Å². The maximum Gasteiger partial charge on any atom is 0.477 e. The van der Waals surface area contributed by atoms with Crippen molar-refractivity contribution >= 4 is 33.5 Å². The Morgan fingerprint density at radius 2 is 0.656 bits per heavy atom. The van der Waals surface area contributed by atoms with Crippen molar-refractivity contribution < 1.29 is 64.9 Å². The number of phosphoric acid groups is 2. The molecule has 1 N–H and O–H groups in total. The average molecular weight is 1330 g/mol. The van der Waals surface area contributed by atoms with Gasteiger partial charge in [0.25, 0.3) is 0 Å². The molecule has 0 aromatic heterocycles. The van der Waals surface area contributed by atoms with Gasteiger partial charge in [-0.25, -0.2) is 9.13 Å². The minimum atomic E-state index is -4.77. The Labute approximate surface area is 560 Å². The maximum absolute atomic E-state index is 15.5. The lowest BCUT2D eigenvalue weighted by Gasteiger charge is -2.45. The number of ether oxygens (including phenoxy) is 3. The number of hydrogen-bond donors (Lipinski definition) is 1. The number of carbonyl (C=O) groups excluding carboxylic acids is 3. The number of nitrogens with one attached hydrogen (secondary N) is 1. The van der Waals surface area contributed by atoms with Crippen molar-refractivity contribution in [2.45, 2.75) is 309 Å². The fourth-order valence-corrected chi connectivity index (χ4v) is 13.9. The van der Waals surface area contributed by atoms with Crippen LogP contribution in [-0.2, 0) is 91.3 Å². The first-order valence-corrected chi connectivity index (χ1v) is 39.0. The fraction of sp³-hybridized carbons (Fsp3) is 0.645. The predicted octanol–water partition coefficient (Wildman–Crippen LogP) is 21.2. The molecule has 1 saturated heterocycles. The van der Waals surface area contributed by atoms with Crippen molar-refractivity contribution in [3.63, 3.8) is 0 Å². The number of benzene rings is 4. The van der Waals surface area contributed by atoms with Crippen LogP contribution in [0.3, 0.4) is 0 Å². The quantitative estimate of drug-likeness (QED) is 0.0250. The Kier molecular flexibility index (Phi) is 42.5. The zero-order chi connectivity index (χ0) is 66.1. The molecule has 15 nitrogen and oxygen atoms in total. The van der Waals surface area contributed by atoms with E-state index >= 15 is 9.13 Å². The van der Waals surface area contributed by atoms with Gasteiger partial charge in [0, 0.05) is 19.3 Å². The molecule has 4 aromatic carbocycles. The second-order valence-electron chi connectivity index (χ2n) is 25.2. The molecule has 0 saturated carbocycles. The summed E-state index contributed by atoms with van der Waals surface area (Å²) in [6.07, 6.45) is 29.6. The fourth-order valence-electron chi connectivity index (χ4n) is 11.5. The molecule has 2 unspecified atom stereocenters. The van der Waals surface area contributed by atoms with E-state index in [1.165, 1.54) is 116 Å². The van der Waals surface area contributed by atoms with E-state index in [9.17, 15) is 14.4 Å². The van der Waals surface area contributed by atoms with Crippen LogP contribution < -0.4 is 5.32 Å². The number of esters is 2. The summed E-state index contributed by atoms with van der Waals surface area (Å²) in [6, 6.07) is 35.1. The lowest BCUT2D eigenvalue weighted by Crippen LogP contribution is -2.66. The Morgan fingerprint density at radius 1 is 0.366 bits per heavy atom. The van der Waals surface area contributed by atoms with Crippen LogP contribution in [0.1, 0.15) is 274 Å². The number of phosphoric ester groups is 2. The van der Waals surface area contributed by atoms with Gasteiger partial charge in [0.05, 0.1) is 33.0 Å². The summed E-state index contributed by atoms with van der Waals surface area (Å²) in [7, 11) is -9.33. The number of unbranched alkanes of at least 4 members (excludes halogenated alkanes) is 30. The summed E-state index contributed by atoms with van der Waals surface area (Å²) in [5.74, 6) is -1.63. The second-order valence-corrected chi connectivity index (χ2v) is 28.5. The van der Waals surface area contributed by atoms with E-state index < -0.39 is 70.7 Å². The minimum absolute atomic E-state index is 0.0224. The van der Waals surface area contributed by atoms with E-state index in [0.717, 1.165) is 77.0 Å². The Balaban J connectivity index is 1.50. The molecule has 0 spiro atoms. The lowest BCUT2D eigenvalue weighted by atomic mass is 9.95. The number of carbonyl (C=O) groups is 3. The van der Waals surface area contributed by atoms with E-state index in [-0.39, 0.29) is 45.7 Å². The molecule has 1 heterocycles. The first kappa shape index (κ1) is 79.2. The molecule has 1 aliphatic rings. The van der Waals surface area contributed by atoms with Crippen LogP contribution in [0.25, 0.3) is 0 Å². The average Bonchev–Trinajstić information content (AvgIpc) is 0.842. The summed E-state index contributed by atoms with van der Waals surface area (Å²) in [5, 5.41) is 3.07. The Bertz CT molecular complexity index is 2520. The third-order valence-corrected chi connectivity index (χ3v) is 19.8. The molecule has 5 rings (SSSR count). The summed E-state index contributed by atoms with van der Waals surface area (Å²) in [4.78, 5) is 43.7. The van der Waals surface area contributed by atoms with Crippen LogP contribution >= 0.6 is 15.6 Å². The van der Waals surface area contributed by atoms with E-state index in [4.69, 9.17) is 41.4 Å². The van der Waals surface area contributed by atoms with Gasteiger partial charge in [-0.2, -0.15) is 0 Å². The molecule has 4 aromatic rings. The van der Waals surface area contributed by atoms with Crippen molar-refractivity contribution in [2.75, 3.05) is 6.61 Å². The second kappa shape index (κ2) is 49.9. The van der Waals surface area contributed by atoms with Gasteiger partial charge in [0.15, 0.2) is 18.5 Å². The van der Waals surface area contributed by atoms with Gasteiger partial charge in [-0.15, -0.1) is 0 Å². The first-order chi connectivity index (χ1) is 45.5. The molecule has 1 amide bonds. The van der Waals surface area contributed by atoms with Crippen molar-refractivity contribution in [3.8, 4) is 0 Å². The highest BCUT2D eigenvalue weighted by Gasteiger charge is 2.54. The highest BCUT2D eigenvalue weighted by Crippen LogP contribution is 2.55. The number of hydrogen-bond acceptors (Lipinski definition) is 14. The molecule has 0 radical (unpaired) electrons. The van der Waals surface area contributed by atoms with E-state index in [0.29, 0.717) is 41.5 Å². The van der Waals surface area contributed by atoms with Gasteiger partial charge in [-0.3, -0.25) is 41.5 Å². The van der Waals surface area contributed by atoms with Crippen molar-refractivity contribution in [3.05, 3.63) is 144 Å². The minimum Gasteiger partial charge on any atom is -0.456 e. The molecular formula is C76H117NO14P2. The van der Waals surface area contributed by atoms with Crippen LogP contribution in [-0.4, -0.2) is 55.1 Å². The van der Waals surface area contributed by atoms with Crippen molar-refractivity contribution in [1.82, 2.24) is 5.32 Å². The summed E-state index contributed by atoms with van der Waals surface area (Å²) in [6.45, 7) is 5.30. The van der Waals surface area contributed by atoms with Crippen molar-refractivity contribution in [1.29, 1.82) is 0 Å². The highest BCUT2D eigenvalue weighted by molar-refractivity contribution is 7.48. The van der Waals surface area contributed by atoms with Gasteiger partial charge in [-0.1, -0.05) is 335 Å². The Hall–Kier alpha value is -4.53. The standard InChI is InChI=1S/C76H117NO14P2/c1-4-7-10-13-16-19-22-25-28-31-46-57-70(78)77-73-75(90-72(80)59-48-33-30-27-24-21-18-15-12-9-6-3)74(89-71(79)58-47-32-29-26-23-20-17-14-11-8-5-2)69(64-87-92(81,83-60-65-49-38-34-39-50-65)84-61-66-51-40-35-41-52-66)88-76(73)91-93(82,85-62-67-53-42-36-43-54-67)86-63-68-55-44-37-45-56-68/h34-45,49-56,69,73-76H,4-33,46-48,57-64H2,1-3H3,(H,77,78)/t69?,73?,74-,75-,76-/m1/s1. The normalized spacial score (nSPS) is 16.7. The van der Waals surface area contributed by atoms with E-state index in [2.05, 4.69) is 26.1 Å². The van der Waals surface area contributed by atoms with E-state index in [1.807, 2.05) is 121 Å². The SMILES string of the molecule is CCCCCCCCCCCCCC(=O)NC1[C@@H](OP(=O)(OCc2ccccc2)OCc2ccccc2)OC(COP(=O)(OCc2ccccc2)OCc2ccccc2)[C@@H](OC(=O)CCCCCCCCCCCCC)[C@@H]1OC(=O)CCCCCCCCCCCCC. The predicted molar refractivity (Wildman–Crippen MR) is 371 cm³/mol. The Morgan fingerprint density at radius 3 is 0.989 bits per heavy atom. The zero-order valence-electron chi connectivity index (χ0n) is 57.0. The van der Waals surface area contributed by atoms with Gasteiger partial charge in [0.2, 0.25) is 5.91 Å². The topological polar surface area (TPSA) is 180 Å². The number of amides is 1. The van der Waals surface area contributed by atoms with Gasteiger partial charge < -0.3 is 19.5 Å². The summed E-state index contributed by atoms with van der Waals surface area (Å²) < 4.78 is 87.9. The lowest BCUT2D eigenvalue weighted by molar-refractivity contribution is -0.260. The highest BCUT2D eigenvalue weighted by atomic mass is 31.2. The first-order valence-electron chi connectivity index (χ1n) is 36.1. The third-order valence-electron chi connectivity index (χ3n) is 17.0. The molecule has 17 heteroatoms. The molecule has 93 heavy (non-hydrogen) atoms. The largest absolute Gasteiger partial charge is 0.477 e. The van der Waals surface area contributed by atoms with Crippen LogP contribution in [0.15, 0.2) is 121 Å². The van der Waals surface area contributed by atoms with Gasteiger partial charge >= 0.3 is 27.6 Å².